The van der Waals surface area contributed by atoms with E-state index >= 15 is 0 Å². The minimum absolute atomic E-state index is 0.0607. The Morgan fingerprint density at radius 2 is 1.50 bits per heavy atom. The first-order valence-corrected chi connectivity index (χ1v) is 7.46. The second-order valence-electron chi connectivity index (χ2n) is 5.27. The minimum Gasteiger partial charge on any atom is -0.298 e. The highest BCUT2D eigenvalue weighted by molar-refractivity contribution is 5.28. The van der Waals surface area contributed by atoms with Crippen molar-refractivity contribution in [3.8, 4) is 0 Å². The molecule has 0 aliphatic carbocycles. The highest BCUT2D eigenvalue weighted by Crippen LogP contribution is 2.24. The minimum atomic E-state index is 0.0607. The molecule has 3 aromatic rings. The van der Waals surface area contributed by atoms with E-state index in [4.69, 9.17) is 0 Å². The van der Waals surface area contributed by atoms with Crippen LogP contribution in [0.15, 0.2) is 79.3 Å². The molecule has 2 aromatic heterocycles. The van der Waals surface area contributed by atoms with Crippen LogP contribution in [-0.4, -0.2) is 9.97 Å². The molecule has 22 heavy (non-hydrogen) atoms. The summed E-state index contributed by atoms with van der Waals surface area (Å²) in [4.78, 5) is 8.61. The molecule has 0 aliphatic rings. The summed E-state index contributed by atoms with van der Waals surface area (Å²) in [6, 6.07) is 20.8. The average Bonchev–Trinajstić information content (AvgIpc) is 2.62. The topological polar surface area (TPSA) is 37.8 Å². The molecule has 1 aromatic carbocycles. The first kappa shape index (κ1) is 14.4. The van der Waals surface area contributed by atoms with Crippen LogP contribution >= 0.6 is 0 Å². The number of hydrogen-bond donors (Lipinski definition) is 1. The maximum absolute atomic E-state index is 4.53. The molecule has 0 saturated heterocycles. The molecule has 110 valence electrons. The number of nitrogens with zero attached hydrogens (tertiary/aromatic N) is 2. The van der Waals surface area contributed by atoms with Gasteiger partial charge in [-0.1, -0.05) is 36.4 Å². The maximum Gasteiger partial charge on any atom is 0.0756 e. The Morgan fingerprint density at radius 1 is 0.773 bits per heavy atom. The lowest BCUT2D eigenvalue weighted by molar-refractivity contribution is 0.508. The Balaban J connectivity index is 1.90. The Hall–Kier alpha value is -2.52. The molecular weight excluding hydrogens is 270 g/mol. The van der Waals surface area contributed by atoms with Gasteiger partial charge in [-0.2, -0.15) is 0 Å². The lowest BCUT2D eigenvalue weighted by atomic mass is 10.0. The van der Waals surface area contributed by atoms with E-state index in [9.17, 15) is 0 Å². The fourth-order valence-corrected chi connectivity index (χ4v) is 2.54. The molecule has 3 nitrogen and oxygen atoms in total. The van der Waals surface area contributed by atoms with Gasteiger partial charge in [-0.15, -0.1) is 0 Å². The lowest BCUT2D eigenvalue weighted by Crippen LogP contribution is -2.26. The summed E-state index contributed by atoms with van der Waals surface area (Å²) in [5.74, 6) is 0. The van der Waals surface area contributed by atoms with Gasteiger partial charge in [0.15, 0.2) is 0 Å². The van der Waals surface area contributed by atoms with E-state index in [0.717, 1.165) is 5.69 Å². The summed E-state index contributed by atoms with van der Waals surface area (Å²) in [7, 11) is 0. The lowest BCUT2D eigenvalue weighted by Gasteiger charge is -2.23. The van der Waals surface area contributed by atoms with Gasteiger partial charge in [0.05, 0.1) is 11.7 Å². The number of rotatable bonds is 5. The number of nitrogens with one attached hydrogen (secondary N) is 1. The van der Waals surface area contributed by atoms with Crippen molar-refractivity contribution in [2.75, 3.05) is 0 Å². The molecule has 0 saturated carbocycles. The van der Waals surface area contributed by atoms with Crippen LogP contribution in [0.2, 0.25) is 0 Å². The molecule has 3 rings (SSSR count). The quantitative estimate of drug-likeness (QED) is 0.773. The third-order valence-corrected chi connectivity index (χ3v) is 3.74. The highest BCUT2D eigenvalue weighted by Gasteiger charge is 2.18. The largest absolute Gasteiger partial charge is 0.298 e. The van der Waals surface area contributed by atoms with Gasteiger partial charge in [-0.3, -0.25) is 15.3 Å². The molecular formula is C19H19N3. The summed E-state index contributed by atoms with van der Waals surface area (Å²) in [5, 5.41) is 3.68. The first-order valence-electron chi connectivity index (χ1n) is 7.46. The van der Waals surface area contributed by atoms with Gasteiger partial charge >= 0.3 is 0 Å². The van der Waals surface area contributed by atoms with Gasteiger partial charge in [0.25, 0.3) is 0 Å². The number of hydrogen-bond acceptors (Lipinski definition) is 3. The van der Waals surface area contributed by atoms with E-state index in [1.54, 1.807) is 0 Å². The van der Waals surface area contributed by atoms with E-state index in [1.807, 2.05) is 48.9 Å². The van der Waals surface area contributed by atoms with Crippen molar-refractivity contribution in [2.24, 2.45) is 0 Å². The molecule has 1 N–H and O–H groups in total. The van der Waals surface area contributed by atoms with Gasteiger partial charge in [0.2, 0.25) is 0 Å². The van der Waals surface area contributed by atoms with E-state index in [2.05, 4.69) is 52.5 Å². The monoisotopic (exact) mass is 289 g/mol. The van der Waals surface area contributed by atoms with E-state index < -0.39 is 0 Å². The van der Waals surface area contributed by atoms with Crippen LogP contribution in [-0.2, 0) is 0 Å². The van der Waals surface area contributed by atoms with Crippen LogP contribution in [0.1, 0.15) is 35.8 Å². The molecule has 0 unspecified atom stereocenters. The number of pyridine rings is 2. The predicted molar refractivity (Wildman–Crippen MR) is 88.3 cm³/mol. The Bertz CT molecular complexity index is 644. The smallest absolute Gasteiger partial charge is 0.0756 e. The van der Waals surface area contributed by atoms with Gasteiger partial charge in [-0.05, 0) is 42.3 Å². The summed E-state index contributed by atoms with van der Waals surface area (Å²) in [6.07, 6.45) is 5.49. The maximum atomic E-state index is 4.53. The molecule has 2 heterocycles. The molecule has 0 spiro atoms. The van der Waals surface area contributed by atoms with Crippen molar-refractivity contribution in [2.45, 2.75) is 19.0 Å². The van der Waals surface area contributed by atoms with Crippen LogP contribution in [0.3, 0.4) is 0 Å². The normalized spacial score (nSPS) is 13.5. The fraction of sp³-hybridized carbons (Fsp3) is 0.158. The molecule has 0 fully saturated rings. The van der Waals surface area contributed by atoms with Crippen molar-refractivity contribution in [3.63, 3.8) is 0 Å². The summed E-state index contributed by atoms with van der Waals surface area (Å²) >= 11 is 0. The van der Waals surface area contributed by atoms with Crippen molar-refractivity contribution in [1.29, 1.82) is 0 Å². The van der Waals surface area contributed by atoms with Crippen LogP contribution in [0, 0.1) is 0 Å². The zero-order valence-corrected chi connectivity index (χ0v) is 12.6. The number of aromatic nitrogens is 2. The zero-order valence-electron chi connectivity index (χ0n) is 12.6. The van der Waals surface area contributed by atoms with Gasteiger partial charge in [0, 0.05) is 24.6 Å². The first-order chi connectivity index (χ1) is 10.8. The second-order valence-corrected chi connectivity index (χ2v) is 5.27. The van der Waals surface area contributed by atoms with Crippen molar-refractivity contribution >= 4 is 0 Å². The summed E-state index contributed by atoms with van der Waals surface area (Å²) in [5.41, 5.74) is 3.45. The summed E-state index contributed by atoms with van der Waals surface area (Å²) < 4.78 is 0. The Kier molecular flexibility index (Phi) is 4.56. The SMILES string of the molecule is C[C@H](N[C@@H](c1ccccc1)c1ccccn1)c1ccncc1. The molecule has 0 amide bonds. The zero-order chi connectivity index (χ0) is 15.2. The van der Waals surface area contributed by atoms with Crippen molar-refractivity contribution in [1.82, 2.24) is 15.3 Å². The van der Waals surface area contributed by atoms with Crippen LogP contribution in [0.4, 0.5) is 0 Å². The summed E-state index contributed by atoms with van der Waals surface area (Å²) in [6.45, 7) is 2.16. The fourth-order valence-electron chi connectivity index (χ4n) is 2.54. The molecule has 0 bridgehead atoms. The molecule has 3 heteroatoms. The van der Waals surface area contributed by atoms with Crippen molar-refractivity contribution < 1.29 is 0 Å². The van der Waals surface area contributed by atoms with Crippen LogP contribution in [0.25, 0.3) is 0 Å². The standard InChI is InChI=1S/C19H19N3/c1-15(16-10-13-20-14-11-16)22-19(17-7-3-2-4-8-17)18-9-5-6-12-21-18/h2-15,19,22H,1H3/t15-,19-/m0/s1. The van der Waals surface area contributed by atoms with Gasteiger partial charge < -0.3 is 0 Å². The Morgan fingerprint density at radius 3 is 2.18 bits per heavy atom. The molecule has 0 radical (unpaired) electrons. The second kappa shape index (κ2) is 6.96. The van der Waals surface area contributed by atoms with E-state index in [1.165, 1.54) is 11.1 Å². The predicted octanol–water partition coefficient (Wildman–Crippen LogP) is 3.92. The third kappa shape index (κ3) is 3.38. The van der Waals surface area contributed by atoms with E-state index in [0.29, 0.717) is 0 Å². The Labute approximate surface area is 131 Å². The average molecular weight is 289 g/mol. The third-order valence-electron chi connectivity index (χ3n) is 3.74. The number of benzene rings is 1. The van der Waals surface area contributed by atoms with Crippen LogP contribution in [0.5, 0.6) is 0 Å². The van der Waals surface area contributed by atoms with Gasteiger partial charge in [-0.25, -0.2) is 0 Å². The van der Waals surface area contributed by atoms with Crippen molar-refractivity contribution in [3.05, 3.63) is 96.1 Å². The molecule has 2 atom stereocenters. The van der Waals surface area contributed by atoms with Gasteiger partial charge in [0.1, 0.15) is 0 Å². The van der Waals surface area contributed by atoms with E-state index in [-0.39, 0.29) is 12.1 Å². The molecule has 0 aliphatic heterocycles. The highest BCUT2D eigenvalue weighted by atomic mass is 15.0. The van der Waals surface area contributed by atoms with Crippen LogP contribution < -0.4 is 5.32 Å².